The van der Waals surface area contributed by atoms with Gasteiger partial charge in [0.15, 0.2) is 12.3 Å². The van der Waals surface area contributed by atoms with Gasteiger partial charge >= 0.3 is 0 Å². The summed E-state index contributed by atoms with van der Waals surface area (Å²) in [6, 6.07) is 15.4. The van der Waals surface area contributed by atoms with E-state index < -0.39 is 0 Å². The van der Waals surface area contributed by atoms with E-state index in [0.29, 0.717) is 40.0 Å². The lowest BCUT2D eigenvalue weighted by atomic mass is 10.2. The minimum absolute atomic E-state index is 0.0463. The molecule has 0 aliphatic carbocycles. The zero-order valence-electron chi connectivity index (χ0n) is 18.5. The van der Waals surface area contributed by atoms with Gasteiger partial charge in [-0.3, -0.25) is 9.59 Å². The second-order valence-corrected chi connectivity index (χ2v) is 7.39. The molecule has 9 nitrogen and oxygen atoms in total. The molecule has 0 saturated heterocycles. The Morgan fingerprint density at radius 2 is 1.79 bits per heavy atom. The molecule has 170 valence electrons. The van der Waals surface area contributed by atoms with Crippen molar-refractivity contribution in [1.82, 2.24) is 9.56 Å². The summed E-state index contributed by atoms with van der Waals surface area (Å²) < 4.78 is 22.9. The van der Waals surface area contributed by atoms with Gasteiger partial charge in [-0.05, 0) is 55.8 Å². The molecule has 2 heterocycles. The van der Waals surface area contributed by atoms with Crippen molar-refractivity contribution in [3.8, 4) is 17.2 Å². The van der Waals surface area contributed by atoms with Gasteiger partial charge in [0.05, 0.1) is 18.5 Å². The number of hydrogen-bond acceptors (Lipinski definition) is 7. The number of ether oxygens (including phenoxy) is 3. The predicted octanol–water partition coefficient (Wildman–Crippen LogP) is 3.51. The van der Waals surface area contributed by atoms with E-state index in [4.69, 9.17) is 18.7 Å². The van der Waals surface area contributed by atoms with Gasteiger partial charge in [-0.15, -0.1) is 4.57 Å². The summed E-state index contributed by atoms with van der Waals surface area (Å²) >= 11 is 0. The van der Waals surface area contributed by atoms with Gasteiger partial charge in [-0.25, -0.2) is 4.98 Å². The van der Waals surface area contributed by atoms with Gasteiger partial charge in [0, 0.05) is 12.1 Å². The van der Waals surface area contributed by atoms with Gasteiger partial charge < -0.3 is 24.1 Å². The molecule has 9 heteroatoms. The normalized spacial score (nSPS) is 10.8. The minimum Gasteiger partial charge on any atom is -0.497 e. The third kappa shape index (κ3) is 5.32. The predicted molar refractivity (Wildman–Crippen MR) is 121 cm³/mol. The Hall–Kier alpha value is -4.27. The van der Waals surface area contributed by atoms with E-state index in [1.165, 1.54) is 6.07 Å². The number of anilines is 1. The number of fused-ring (bicyclic) bond motifs is 1. The highest BCUT2D eigenvalue weighted by Crippen LogP contribution is 2.27. The fourth-order valence-corrected chi connectivity index (χ4v) is 3.16. The van der Waals surface area contributed by atoms with Crippen LogP contribution in [0.3, 0.4) is 0 Å². The maximum atomic E-state index is 12.4. The molecule has 2 aromatic carbocycles. The smallest absolute Gasteiger partial charge is 0.287 e. The molecule has 0 radical (unpaired) electrons. The molecular weight excluding hydrogens is 426 g/mol. The summed E-state index contributed by atoms with van der Waals surface area (Å²) in [7, 11) is 1.58. The van der Waals surface area contributed by atoms with Crippen molar-refractivity contribution < 1.29 is 23.5 Å². The van der Waals surface area contributed by atoms with Crippen molar-refractivity contribution >= 4 is 17.2 Å². The second-order valence-electron chi connectivity index (χ2n) is 7.39. The summed E-state index contributed by atoms with van der Waals surface area (Å²) in [5, 5.41) is 2.80. The summed E-state index contributed by atoms with van der Waals surface area (Å²) in [6.07, 6.45) is 0. The van der Waals surface area contributed by atoms with Crippen molar-refractivity contribution in [1.29, 1.82) is 0 Å². The molecule has 1 amide bonds. The van der Waals surface area contributed by atoms with Gasteiger partial charge in [0.1, 0.15) is 29.6 Å². The van der Waals surface area contributed by atoms with Crippen LogP contribution in [-0.4, -0.2) is 29.2 Å². The third-order valence-electron chi connectivity index (χ3n) is 4.74. The van der Waals surface area contributed by atoms with Crippen LogP contribution >= 0.6 is 0 Å². The first kappa shape index (κ1) is 21.9. The fourth-order valence-electron chi connectivity index (χ4n) is 3.16. The van der Waals surface area contributed by atoms with E-state index in [2.05, 4.69) is 10.3 Å². The Kier molecular flexibility index (Phi) is 6.30. The van der Waals surface area contributed by atoms with Crippen LogP contribution in [0.5, 0.6) is 17.2 Å². The lowest BCUT2D eigenvalue weighted by Crippen LogP contribution is -2.20. The standard InChI is InChI=1S/C24H23N3O6/c1-15-4-9-20(26-23(28)14-31-19-7-5-18(30-3)6-8-19)21(10-15)32-13-17-12-24(29)27-22(25-17)11-16(2)33-27/h4-12H,13-14H2,1-3H3,(H,26,28). The van der Waals surface area contributed by atoms with Crippen LogP contribution in [-0.2, 0) is 11.4 Å². The lowest BCUT2D eigenvalue weighted by molar-refractivity contribution is -0.118. The van der Waals surface area contributed by atoms with Crippen LogP contribution < -0.4 is 25.1 Å². The Morgan fingerprint density at radius 1 is 1.03 bits per heavy atom. The Labute approximate surface area is 189 Å². The van der Waals surface area contributed by atoms with Gasteiger partial charge in [-0.1, -0.05) is 6.07 Å². The quantitative estimate of drug-likeness (QED) is 0.439. The summed E-state index contributed by atoms with van der Waals surface area (Å²) in [4.78, 5) is 29.0. The first-order valence-corrected chi connectivity index (χ1v) is 10.2. The van der Waals surface area contributed by atoms with Gasteiger partial charge in [0.25, 0.3) is 11.5 Å². The highest BCUT2D eigenvalue weighted by molar-refractivity contribution is 5.93. The molecule has 0 aliphatic heterocycles. The molecule has 4 aromatic rings. The number of aromatic nitrogens is 2. The lowest BCUT2D eigenvalue weighted by Gasteiger charge is -2.14. The number of aryl methyl sites for hydroxylation is 2. The first-order valence-electron chi connectivity index (χ1n) is 10.2. The number of nitrogens with zero attached hydrogens (tertiary/aromatic N) is 2. The number of benzene rings is 2. The number of carbonyl (C=O) groups excluding carboxylic acids is 1. The topological polar surface area (TPSA) is 104 Å². The molecule has 0 unspecified atom stereocenters. The molecular formula is C24H23N3O6. The molecule has 0 atom stereocenters. The molecule has 0 spiro atoms. The summed E-state index contributed by atoms with van der Waals surface area (Å²) in [6.45, 7) is 3.53. The average Bonchev–Trinajstić information content (AvgIpc) is 3.19. The molecule has 0 aliphatic rings. The van der Waals surface area contributed by atoms with Crippen LogP contribution in [0.2, 0.25) is 0 Å². The summed E-state index contributed by atoms with van der Waals surface area (Å²) in [5.74, 6) is 1.95. The number of methoxy groups -OCH3 is 1. The largest absolute Gasteiger partial charge is 0.497 e. The van der Waals surface area contributed by atoms with Crippen LogP contribution in [0.15, 0.2) is 63.9 Å². The van der Waals surface area contributed by atoms with E-state index in [1.807, 2.05) is 13.0 Å². The maximum Gasteiger partial charge on any atom is 0.287 e. The van der Waals surface area contributed by atoms with Gasteiger partial charge in [-0.2, -0.15) is 0 Å². The van der Waals surface area contributed by atoms with Crippen LogP contribution in [0, 0.1) is 13.8 Å². The Bertz CT molecular complexity index is 1340. The van der Waals surface area contributed by atoms with Crippen LogP contribution in [0.1, 0.15) is 17.0 Å². The molecule has 33 heavy (non-hydrogen) atoms. The number of carbonyl (C=O) groups is 1. The van der Waals surface area contributed by atoms with Crippen molar-refractivity contribution in [2.75, 3.05) is 19.0 Å². The van der Waals surface area contributed by atoms with E-state index in [1.54, 1.807) is 56.5 Å². The van der Waals surface area contributed by atoms with E-state index in [9.17, 15) is 9.59 Å². The maximum absolute atomic E-state index is 12.4. The average molecular weight is 449 g/mol. The van der Waals surface area contributed by atoms with Crippen molar-refractivity contribution in [3.63, 3.8) is 0 Å². The molecule has 0 saturated carbocycles. The van der Waals surface area contributed by atoms with E-state index in [-0.39, 0.29) is 24.7 Å². The highest BCUT2D eigenvalue weighted by Gasteiger charge is 2.12. The first-order chi connectivity index (χ1) is 15.9. The Balaban J connectivity index is 1.42. The van der Waals surface area contributed by atoms with E-state index >= 15 is 0 Å². The SMILES string of the molecule is COc1ccc(OCC(=O)Nc2ccc(C)cc2OCc2cc(=O)n3oc(C)cc3n2)cc1. The highest BCUT2D eigenvalue weighted by atomic mass is 16.5. The number of rotatable bonds is 8. The summed E-state index contributed by atoms with van der Waals surface area (Å²) in [5.41, 5.74) is 1.96. The molecule has 0 fully saturated rings. The van der Waals surface area contributed by atoms with Crippen molar-refractivity contribution in [3.05, 3.63) is 82.0 Å². The number of nitrogens with one attached hydrogen (secondary N) is 1. The molecule has 4 rings (SSSR count). The van der Waals surface area contributed by atoms with Crippen molar-refractivity contribution in [2.45, 2.75) is 20.5 Å². The van der Waals surface area contributed by atoms with Crippen LogP contribution in [0.4, 0.5) is 5.69 Å². The third-order valence-corrected chi connectivity index (χ3v) is 4.74. The second kappa shape index (κ2) is 9.47. The number of amides is 1. The van der Waals surface area contributed by atoms with E-state index in [0.717, 1.165) is 10.1 Å². The minimum atomic E-state index is -0.341. The monoisotopic (exact) mass is 449 g/mol. The van der Waals surface area contributed by atoms with Crippen LogP contribution in [0.25, 0.3) is 5.65 Å². The van der Waals surface area contributed by atoms with Gasteiger partial charge in [0.2, 0.25) is 0 Å². The molecule has 2 aromatic heterocycles. The van der Waals surface area contributed by atoms with Crippen molar-refractivity contribution in [2.24, 2.45) is 0 Å². The zero-order chi connectivity index (χ0) is 23.4. The fraction of sp³-hybridized carbons (Fsp3) is 0.208. The number of hydrogen-bond donors (Lipinski definition) is 1. The Morgan fingerprint density at radius 3 is 2.55 bits per heavy atom. The molecule has 0 bridgehead atoms. The zero-order valence-corrected chi connectivity index (χ0v) is 18.5. The molecule has 1 N–H and O–H groups in total.